The molecule has 1 rings (SSSR count). The smallest absolute Gasteiger partial charge is 0.0621 e. The number of aliphatic hydroxyl groups is 1. The van der Waals surface area contributed by atoms with Gasteiger partial charge in [-0.3, -0.25) is 0 Å². The quantitative estimate of drug-likeness (QED) is 0.559. The lowest BCUT2D eigenvalue weighted by Crippen LogP contribution is -2.27. The van der Waals surface area contributed by atoms with E-state index in [-0.39, 0.29) is 12.6 Å². The normalized spacial score (nSPS) is 22.0. The molecule has 1 atom stereocenters. The summed E-state index contributed by atoms with van der Waals surface area (Å²) in [5.74, 6) is 0. The number of allylic oxidation sites excluding steroid dienone is 1. The first kappa shape index (κ1) is 7.76. The van der Waals surface area contributed by atoms with Crippen molar-refractivity contribution >= 4 is 0 Å². The average molecular weight is 141 g/mol. The Morgan fingerprint density at radius 2 is 2.40 bits per heavy atom. The lowest BCUT2D eigenvalue weighted by Gasteiger charge is -2.16. The summed E-state index contributed by atoms with van der Waals surface area (Å²) in [6.45, 7) is 0.0891. The van der Waals surface area contributed by atoms with Crippen LogP contribution in [0.4, 0.5) is 0 Å². The highest BCUT2D eigenvalue weighted by Gasteiger charge is 2.09. The van der Waals surface area contributed by atoms with Crippen LogP contribution < -0.4 is 5.73 Å². The van der Waals surface area contributed by atoms with Gasteiger partial charge >= 0.3 is 0 Å². The van der Waals surface area contributed by atoms with E-state index in [9.17, 15) is 0 Å². The molecule has 10 heavy (non-hydrogen) atoms. The topological polar surface area (TPSA) is 46.2 Å². The van der Waals surface area contributed by atoms with Gasteiger partial charge < -0.3 is 10.8 Å². The van der Waals surface area contributed by atoms with E-state index in [1.807, 2.05) is 0 Å². The molecular formula is C8H15NO. The fraction of sp³-hybridized carbons (Fsp3) is 0.750. The van der Waals surface area contributed by atoms with Gasteiger partial charge in [0.05, 0.1) is 6.61 Å². The number of nitrogens with two attached hydrogens (primary N) is 1. The van der Waals surface area contributed by atoms with Gasteiger partial charge in [0.1, 0.15) is 0 Å². The maximum absolute atomic E-state index is 8.72. The molecule has 2 nitrogen and oxygen atoms in total. The number of hydrogen-bond acceptors (Lipinski definition) is 2. The summed E-state index contributed by atoms with van der Waals surface area (Å²) in [5, 5.41) is 8.72. The van der Waals surface area contributed by atoms with Crippen LogP contribution in [0.3, 0.4) is 0 Å². The minimum absolute atomic E-state index is 0.0891. The fourth-order valence-corrected chi connectivity index (χ4v) is 1.32. The van der Waals surface area contributed by atoms with Crippen molar-refractivity contribution < 1.29 is 5.11 Å². The van der Waals surface area contributed by atoms with Crippen LogP contribution in [0.2, 0.25) is 0 Å². The van der Waals surface area contributed by atoms with E-state index in [0.717, 1.165) is 12.8 Å². The van der Waals surface area contributed by atoms with Gasteiger partial charge in [-0.05, 0) is 25.7 Å². The fourth-order valence-electron chi connectivity index (χ4n) is 1.32. The molecule has 0 saturated carbocycles. The highest BCUT2D eigenvalue weighted by atomic mass is 16.3. The van der Waals surface area contributed by atoms with Crippen molar-refractivity contribution in [1.82, 2.24) is 0 Å². The minimum Gasteiger partial charge on any atom is -0.394 e. The van der Waals surface area contributed by atoms with E-state index in [2.05, 4.69) is 6.08 Å². The maximum Gasteiger partial charge on any atom is 0.0621 e. The third-order valence-corrected chi connectivity index (χ3v) is 2.00. The second-order valence-electron chi connectivity index (χ2n) is 2.81. The Kier molecular flexibility index (Phi) is 2.90. The zero-order valence-corrected chi connectivity index (χ0v) is 6.21. The van der Waals surface area contributed by atoms with E-state index in [1.54, 1.807) is 0 Å². The van der Waals surface area contributed by atoms with E-state index in [0.29, 0.717) is 0 Å². The zero-order valence-electron chi connectivity index (χ0n) is 6.21. The van der Waals surface area contributed by atoms with E-state index >= 15 is 0 Å². The Labute approximate surface area is 61.7 Å². The molecule has 2 heteroatoms. The largest absolute Gasteiger partial charge is 0.394 e. The molecule has 0 spiro atoms. The monoisotopic (exact) mass is 141 g/mol. The van der Waals surface area contributed by atoms with Crippen LogP contribution in [0.5, 0.6) is 0 Å². The maximum atomic E-state index is 8.72. The lowest BCUT2D eigenvalue weighted by molar-refractivity contribution is 0.276. The van der Waals surface area contributed by atoms with Crippen LogP contribution in [-0.2, 0) is 0 Å². The summed E-state index contributed by atoms with van der Waals surface area (Å²) in [6.07, 6.45) is 6.91. The summed E-state index contributed by atoms with van der Waals surface area (Å²) < 4.78 is 0. The molecule has 0 aromatic carbocycles. The van der Waals surface area contributed by atoms with E-state index in [1.165, 1.54) is 18.4 Å². The molecule has 0 heterocycles. The Morgan fingerprint density at radius 1 is 1.60 bits per heavy atom. The second-order valence-corrected chi connectivity index (χ2v) is 2.81. The molecule has 58 valence electrons. The summed E-state index contributed by atoms with van der Waals surface area (Å²) in [4.78, 5) is 0. The van der Waals surface area contributed by atoms with Gasteiger partial charge in [0.25, 0.3) is 0 Å². The SMILES string of the molecule is NC(CO)C1=CCCCC1. The van der Waals surface area contributed by atoms with Crippen molar-refractivity contribution in [1.29, 1.82) is 0 Å². The van der Waals surface area contributed by atoms with Gasteiger partial charge in [0.2, 0.25) is 0 Å². The molecule has 3 N–H and O–H groups in total. The first-order chi connectivity index (χ1) is 4.84. The zero-order chi connectivity index (χ0) is 7.40. The number of hydrogen-bond donors (Lipinski definition) is 2. The van der Waals surface area contributed by atoms with Crippen molar-refractivity contribution in [3.63, 3.8) is 0 Å². The van der Waals surface area contributed by atoms with Crippen LogP contribution in [0.25, 0.3) is 0 Å². The lowest BCUT2D eigenvalue weighted by atomic mass is 9.95. The third kappa shape index (κ3) is 1.82. The summed E-state index contributed by atoms with van der Waals surface area (Å²) in [5.41, 5.74) is 6.87. The summed E-state index contributed by atoms with van der Waals surface area (Å²) >= 11 is 0. The van der Waals surface area contributed by atoms with Crippen molar-refractivity contribution in [3.8, 4) is 0 Å². The van der Waals surface area contributed by atoms with Crippen molar-refractivity contribution in [2.45, 2.75) is 31.7 Å². The predicted molar refractivity (Wildman–Crippen MR) is 41.6 cm³/mol. The highest BCUT2D eigenvalue weighted by molar-refractivity contribution is 5.11. The Balaban J connectivity index is 2.44. The van der Waals surface area contributed by atoms with Crippen LogP contribution >= 0.6 is 0 Å². The van der Waals surface area contributed by atoms with Gasteiger partial charge in [-0.15, -0.1) is 0 Å². The second kappa shape index (κ2) is 3.74. The molecule has 0 aliphatic heterocycles. The molecule has 0 radical (unpaired) electrons. The van der Waals surface area contributed by atoms with Gasteiger partial charge in [-0.1, -0.05) is 11.6 Å². The van der Waals surface area contributed by atoms with Crippen LogP contribution in [0, 0.1) is 0 Å². The summed E-state index contributed by atoms with van der Waals surface area (Å²) in [6, 6.07) is -0.0969. The van der Waals surface area contributed by atoms with Crippen molar-refractivity contribution in [2.75, 3.05) is 6.61 Å². The van der Waals surface area contributed by atoms with Gasteiger partial charge in [0.15, 0.2) is 0 Å². The van der Waals surface area contributed by atoms with Crippen LogP contribution in [-0.4, -0.2) is 17.8 Å². The Hall–Kier alpha value is -0.340. The highest BCUT2D eigenvalue weighted by Crippen LogP contribution is 2.18. The molecule has 1 aliphatic carbocycles. The van der Waals surface area contributed by atoms with Crippen LogP contribution in [0.1, 0.15) is 25.7 Å². The molecule has 0 amide bonds. The molecule has 1 aliphatic rings. The average Bonchev–Trinajstić information content (AvgIpc) is 2.05. The first-order valence-electron chi connectivity index (χ1n) is 3.90. The molecular weight excluding hydrogens is 126 g/mol. The standard InChI is InChI=1S/C8H15NO/c9-8(6-10)7-4-2-1-3-5-7/h4,8,10H,1-3,5-6,9H2. The Morgan fingerprint density at radius 3 is 2.90 bits per heavy atom. The summed E-state index contributed by atoms with van der Waals surface area (Å²) in [7, 11) is 0. The molecule has 0 aromatic rings. The Bertz CT molecular complexity index is 131. The van der Waals surface area contributed by atoms with Crippen molar-refractivity contribution in [3.05, 3.63) is 11.6 Å². The number of aliphatic hydroxyl groups excluding tert-OH is 1. The van der Waals surface area contributed by atoms with Crippen LogP contribution in [0.15, 0.2) is 11.6 Å². The third-order valence-electron chi connectivity index (χ3n) is 2.00. The molecule has 1 unspecified atom stereocenters. The van der Waals surface area contributed by atoms with Gasteiger partial charge in [-0.25, -0.2) is 0 Å². The van der Waals surface area contributed by atoms with Gasteiger partial charge in [0, 0.05) is 6.04 Å². The van der Waals surface area contributed by atoms with Gasteiger partial charge in [-0.2, -0.15) is 0 Å². The number of rotatable bonds is 2. The van der Waals surface area contributed by atoms with E-state index < -0.39 is 0 Å². The van der Waals surface area contributed by atoms with Crippen molar-refractivity contribution in [2.24, 2.45) is 5.73 Å². The molecule has 0 saturated heterocycles. The molecule has 0 bridgehead atoms. The molecule has 0 fully saturated rings. The first-order valence-corrected chi connectivity index (χ1v) is 3.90. The predicted octanol–water partition coefficient (Wildman–Crippen LogP) is 0.806. The van der Waals surface area contributed by atoms with E-state index in [4.69, 9.17) is 10.8 Å². The minimum atomic E-state index is -0.0969. The molecule has 0 aromatic heterocycles.